The Hall–Kier alpha value is -1.59. The second-order valence-corrected chi connectivity index (χ2v) is 6.96. The normalized spacial score (nSPS) is 28.1. The molecular weight excluding hydrogens is 304 g/mol. The van der Waals surface area contributed by atoms with Crippen molar-refractivity contribution in [1.82, 2.24) is 9.80 Å². The first-order valence-corrected chi connectivity index (χ1v) is 8.97. The van der Waals surface area contributed by atoms with Crippen LogP contribution in [0.25, 0.3) is 0 Å². The van der Waals surface area contributed by atoms with Gasteiger partial charge in [0.2, 0.25) is 0 Å². The van der Waals surface area contributed by atoms with Crippen LogP contribution >= 0.6 is 0 Å². The van der Waals surface area contributed by atoms with E-state index in [0.29, 0.717) is 6.04 Å². The molecule has 0 aliphatic carbocycles. The summed E-state index contributed by atoms with van der Waals surface area (Å²) >= 11 is 0. The van der Waals surface area contributed by atoms with Gasteiger partial charge in [0.15, 0.2) is 6.61 Å². The number of ether oxygens (including phenoxy) is 2. The lowest BCUT2D eigenvalue weighted by molar-refractivity contribution is -0.135. The first-order chi connectivity index (χ1) is 11.6. The van der Waals surface area contributed by atoms with Crippen LogP contribution in [0.3, 0.4) is 0 Å². The zero-order valence-corrected chi connectivity index (χ0v) is 14.7. The highest BCUT2D eigenvalue weighted by Crippen LogP contribution is 2.21. The molecule has 1 aromatic carbocycles. The van der Waals surface area contributed by atoms with Crippen molar-refractivity contribution < 1.29 is 14.3 Å². The Balaban J connectivity index is 1.52. The summed E-state index contributed by atoms with van der Waals surface area (Å²) in [5, 5.41) is 0. The van der Waals surface area contributed by atoms with E-state index < -0.39 is 0 Å². The number of likely N-dealkylation sites (tertiary alicyclic amines) is 1. The SMILES string of the molecule is CC1CN(CC2CCCN2C(=O)COc2ccccc2)CC(C)O1. The molecular formula is C19H28N2O3. The van der Waals surface area contributed by atoms with E-state index in [-0.39, 0.29) is 24.7 Å². The Morgan fingerprint density at radius 3 is 2.62 bits per heavy atom. The van der Waals surface area contributed by atoms with Crippen LogP contribution in [-0.2, 0) is 9.53 Å². The number of rotatable bonds is 5. The minimum Gasteiger partial charge on any atom is -0.484 e. The van der Waals surface area contributed by atoms with E-state index in [1.54, 1.807) is 0 Å². The minimum atomic E-state index is 0.0932. The van der Waals surface area contributed by atoms with Crippen LogP contribution in [0.1, 0.15) is 26.7 Å². The van der Waals surface area contributed by atoms with Gasteiger partial charge in [-0.3, -0.25) is 9.69 Å². The van der Waals surface area contributed by atoms with E-state index in [4.69, 9.17) is 9.47 Å². The monoisotopic (exact) mass is 332 g/mol. The molecule has 0 spiro atoms. The van der Waals surface area contributed by atoms with E-state index in [0.717, 1.165) is 44.8 Å². The highest BCUT2D eigenvalue weighted by Gasteiger charge is 2.32. The molecule has 132 valence electrons. The maximum absolute atomic E-state index is 12.6. The fourth-order valence-corrected chi connectivity index (χ4v) is 3.83. The molecule has 24 heavy (non-hydrogen) atoms. The van der Waals surface area contributed by atoms with Crippen LogP contribution in [-0.4, -0.2) is 66.7 Å². The Morgan fingerprint density at radius 1 is 1.21 bits per heavy atom. The van der Waals surface area contributed by atoms with Crippen LogP contribution < -0.4 is 4.74 Å². The molecule has 1 amide bonds. The topological polar surface area (TPSA) is 42.0 Å². The Labute approximate surface area is 144 Å². The Kier molecular flexibility index (Phi) is 5.74. The molecule has 2 aliphatic heterocycles. The lowest BCUT2D eigenvalue weighted by Crippen LogP contribution is -2.51. The summed E-state index contributed by atoms with van der Waals surface area (Å²) in [4.78, 5) is 17.0. The first kappa shape index (κ1) is 17.2. The molecule has 2 aliphatic rings. The predicted octanol–water partition coefficient (Wildman–Crippen LogP) is 2.17. The van der Waals surface area contributed by atoms with Gasteiger partial charge in [0.25, 0.3) is 5.91 Å². The molecule has 3 rings (SSSR count). The smallest absolute Gasteiger partial charge is 0.260 e. The van der Waals surface area contributed by atoms with Crippen LogP contribution in [0.5, 0.6) is 5.75 Å². The van der Waals surface area contributed by atoms with Gasteiger partial charge in [-0.05, 0) is 38.8 Å². The average Bonchev–Trinajstić information content (AvgIpc) is 3.01. The van der Waals surface area contributed by atoms with Gasteiger partial charge in [-0.1, -0.05) is 18.2 Å². The van der Waals surface area contributed by atoms with Crippen molar-refractivity contribution in [3.8, 4) is 5.75 Å². The standard InChI is InChI=1S/C19H28N2O3/c1-15-11-20(12-16(2)24-15)13-17-7-6-10-21(17)19(22)14-23-18-8-4-3-5-9-18/h3-5,8-9,15-17H,6-7,10-14H2,1-2H3. The summed E-state index contributed by atoms with van der Waals surface area (Å²) in [7, 11) is 0. The third kappa shape index (κ3) is 4.48. The molecule has 0 bridgehead atoms. The molecule has 0 saturated carbocycles. The number of para-hydroxylation sites is 1. The highest BCUT2D eigenvalue weighted by molar-refractivity contribution is 5.78. The van der Waals surface area contributed by atoms with E-state index in [2.05, 4.69) is 18.7 Å². The molecule has 2 heterocycles. The molecule has 3 unspecified atom stereocenters. The largest absolute Gasteiger partial charge is 0.484 e. The van der Waals surface area contributed by atoms with Crippen molar-refractivity contribution in [2.24, 2.45) is 0 Å². The van der Waals surface area contributed by atoms with Gasteiger partial charge in [-0.2, -0.15) is 0 Å². The molecule has 5 heteroatoms. The molecule has 2 fully saturated rings. The summed E-state index contributed by atoms with van der Waals surface area (Å²) in [5.41, 5.74) is 0. The van der Waals surface area contributed by atoms with Gasteiger partial charge in [-0.25, -0.2) is 0 Å². The summed E-state index contributed by atoms with van der Waals surface area (Å²) < 4.78 is 11.4. The van der Waals surface area contributed by atoms with E-state index >= 15 is 0 Å². The van der Waals surface area contributed by atoms with Crippen LogP contribution in [0.4, 0.5) is 0 Å². The second kappa shape index (κ2) is 7.99. The summed E-state index contributed by atoms with van der Waals surface area (Å²) in [6.45, 7) is 8.04. The molecule has 5 nitrogen and oxygen atoms in total. The Morgan fingerprint density at radius 2 is 1.92 bits per heavy atom. The lowest BCUT2D eigenvalue weighted by Gasteiger charge is -2.38. The number of nitrogens with zero attached hydrogens (tertiary/aromatic N) is 2. The molecule has 0 radical (unpaired) electrons. The highest BCUT2D eigenvalue weighted by atomic mass is 16.5. The lowest BCUT2D eigenvalue weighted by atomic mass is 10.1. The summed E-state index contributed by atoms with van der Waals surface area (Å²) in [6, 6.07) is 9.83. The second-order valence-electron chi connectivity index (χ2n) is 6.96. The van der Waals surface area contributed by atoms with Crippen molar-refractivity contribution >= 4 is 5.91 Å². The molecule has 2 saturated heterocycles. The Bertz CT molecular complexity index is 527. The quantitative estimate of drug-likeness (QED) is 0.829. The van der Waals surface area contributed by atoms with Gasteiger partial charge < -0.3 is 14.4 Å². The van der Waals surface area contributed by atoms with E-state index in [1.165, 1.54) is 0 Å². The number of carbonyl (C=O) groups is 1. The maximum atomic E-state index is 12.6. The number of hydrogen-bond donors (Lipinski definition) is 0. The van der Waals surface area contributed by atoms with Gasteiger partial charge in [-0.15, -0.1) is 0 Å². The number of morpholine rings is 1. The van der Waals surface area contributed by atoms with Gasteiger partial charge in [0.05, 0.1) is 12.2 Å². The molecule has 0 N–H and O–H groups in total. The van der Waals surface area contributed by atoms with Crippen LogP contribution in [0.2, 0.25) is 0 Å². The fourth-order valence-electron chi connectivity index (χ4n) is 3.83. The zero-order valence-electron chi connectivity index (χ0n) is 14.7. The zero-order chi connectivity index (χ0) is 16.9. The van der Waals surface area contributed by atoms with Crippen molar-refractivity contribution in [3.63, 3.8) is 0 Å². The molecule has 3 atom stereocenters. The van der Waals surface area contributed by atoms with Gasteiger partial charge >= 0.3 is 0 Å². The maximum Gasteiger partial charge on any atom is 0.260 e. The van der Waals surface area contributed by atoms with Crippen molar-refractivity contribution in [2.45, 2.75) is 44.9 Å². The van der Waals surface area contributed by atoms with E-state index in [9.17, 15) is 4.79 Å². The number of carbonyl (C=O) groups excluding carboxylic acids is 1. The number of benzene rings is 1. The fraction of sp³-hybridized carbons (Fsp3) is 0.632. The summed E-state index contributed by atoms with van der Waals surface area (Å²) in [5.74, 6) is 0.841. The van der Waals surface area contributed by atoms with Crippen molar-refractivity contribution in [2.75, 3.05) is 32.8 Å². The van der Waals surface area contributed by atoms with Crippen molar-refractivity contribution in [3.05, 3.63) is 30.3 Å². The molecule has 1 aromatic rings. The third-order valence-corrected chi connectivity index (χ3v) is 4.77. The van der Waals surface area contributed by atoms with Crippen molar-refractivity contribution in [1.29, 1.82) is 0 Å². The van der Waals surface area contributed by atoms with Gasteiger partial charge in [0.1, 0.15) is 5.75 Å². The first-order valence-electron chi connectivity index (χ1n) is 8.97. The summed E-state index contributed by atoms with van der Waals surface area (Å²) in [6.07, 6.45) is 2.69. The van der Waals surface area contributed by atoms with Crippen LogP contribution in [0.15, 0.2) is 30.3 Å². The van der Waals surface area contributed by atoms with Gasteiger partial charge in [0, 0.05) is 32.2 Å². The van der Waals surface area contributed by atoms with E-state index in [1.807, 2.05) is 35.2 Å². The van der Waals surface area contributed by atoms with Crippen LogP contribution in [0, 0.1) is 0 Å². The molecule has 0 aromatic heterocycles. The average molecular weight is 332 g/mol. The predicted molar refractivity (Wildman–Crippen MR) is 93.1 cm³/mol. The minimum absolute atomic E-state index is 0.0932. The third-order valence-electron chi connectivity index (χ3n) is 4.77. The number of amides is 1. The number of hydrogen-bond acceptors (Lipinski definition) is 4.